The molecule has 0 aliphatic heterocycles. The van der Waals surface area contributed by atoms with Gasteiger partial charge in [-0.15, -0.1) is 0 Å². The number of nitrogens with two attached hydrogens (primary N) is 1. The fourth-order valence-electron chi connectivity index (χ4n) is 1.81. The first kappa shape index (κ1) is 14.6. The van der Waals surface area contributed by atoms with Crippen molar-refractivity contribution >= 4 is 5.82 Å². The highest BCUT2D eigenvalue weighted by molar-refractivity contribution is 5.30. The first-order chi connectivity index (χ1) is 9.75. The predicted octanol–water partition coefficient (Wildman–Crippen LogP) is 1.35. The maximum absolute atomic E-state index is 9.95. The number of ether oxygens (including phenoxy) is 1. The molecule has 1 aliphatic carbocycles. The molecule has 1 heterocycles. The largest absolute Gasteiger partial charge is 0.493 e. The van der Waals surface area contributed by atoms with Gasteiger partial charge in [0, 0.05) is 24.8 Å². The van der Waals surface area contributed by atoms with Crippen LogP contribution in [0.15, 0.2) is 42.3 Å². The fraction of sp³-hybridized carbons (Fsp3) is 0.333. The second kappa shape index (κ2) is 7.67. The number of nitrogen functional groups attached to an aromatic ring is 1. The van der Waals surface area contributed by atoms with Crippen molar-refractivity contribution in [3.8, 4) is 0 Å². The zero-order valence-corrected chi connectivity index (χ0v) is 11.3. The van der Waals surface area contributed by atoms with Crippen LogP contribution in [-0.2, 0) is 4.74 Å². The quantitative estimate of drug-likeness (QED) is 0.654. The van der Waals surface area contributed by atoms with E-state index in [1.54, 1.807) is 18.3 Å². The Hall–Kier alpha value is -1.85. The van der Waals surface area contributed by atoms with E-state index in [0.717, 1.165) is 17.7 Å². The third-order valence-electron chi connectivity index (χ3n) is 2.93. The molecule has 0 bridgehead atoms. The highest BCUT2D eigenvalue weighted by Gasteiger charge is 2.07. The average Bonchev–Trinajstić information content (AvgIpc) is 2.48. The monoisotopic (exact) mass is 274 g/mol. The third kappa shape index (κ3) is 4.68. The summed E-state index contributed by atoms with van der Waals surface area (Å²) in [5.74, 6) is 1.35. The lowest BCUT2D eigenvalue weighted by atomic mass is 10.1. The van der Waals surface area contributed by atoms with Crippen molar-refractivity contribution in [2.24, 2.45) is 0 Å². The van der Waals surface area contributed by atoms with Crippen molar-refractivity contribution in [2.45, 2.75) is 12.5 Å². The zero-order chi connectivity index (χ0) is 14.2. The van der Waals surface area contributed by atoms with E-state index in [4.69, 9.17) is 10.5 Å². The molecule has 1 aromatic rings. The first-order valence-corrected chi connectivity index (χ1v) is 6.69. The number of allylic oxidation sites excluding steroid dienone is 3. The van der Waals surface area contributed by atoms with Gasteiger partial charge in [0.2, 0.25) is 0 Å². The van der Waals surface area contributed by atoms with Crippen LogP contribution in [-0.4, -0.2) is 29.8 Å². The van der Waals surface area contributed by atoms with Crippen molar-refractivity contribution in [3.05, 3.63) is 54.3 Å². The fourth-order valence-corrected chi connectivity index (χ4v) is 1.81. The van der Waals surface area contributed by atoms with Crippen LogP contribution in [0.3, 0.4) is 0 Å². The summed E-state index contributed by atoms with van der Waals surface area (Å²) in [7, 11) is 0. The second-order valence-corrected chi connectivity index (χ2v) is 4.52. The summed E-state index contributed by atoms with van der Waals surface area (Å²) in [5, 5.41) is 13.1. The number of aromatic nitrogens is 1. The first-order valence-electron chi connectivity index (χ1n) is 6.69. The van der Waals surface area contributed by atoms with E-state index < -0.39 is 6.10 Å². The van der Waals surface area contributed by atoms with Gasteiger partial charge < -0.3 is 20.9 Å². The van der Waals surface area contributed by atoms with Crippen LogP contribution in [0.1, 0.15) is 18.1 Å². The van der Waals surface area contributed by atoms with Crippen molar-refractivity contribution in [3.63, 3.8) is 0 Å². The number of hydrogen-bond donors (Lipinski definition) is 3. The number of hydrogen-bond acceptors (Lipinski definition) is 5. The molecule has 4 N–H and O–H groups in total. The Kier molecular flexibility index (Phi) is 5.58. The molecule has 107 valence electrons. The predicted molar refractivity (Wildman–Crippen MR) is 78.6 cm³/mol. The van der Waals surface area contributed by atoms with Gasteiger partial charge in [-0.1, -0.05) is 12.1 Å². The molecule has 5 nitrogen and oxygen atoms in total. The zero-order valence-electron chi connectivity index (χ0n) is 11.3. The molecule has 1 aromatic heterocycles. The summed E-state index contributed by atoms with van der Waals surface area (Å²) in [6, 6.07) is 3.46. The van der Waals surface area contributed by atoms with Crippen LogP contribution in [0.25, 0.3) is 0 Å². The average molecular weight is 274 g/mol. The van der Waals surface area contributed by atoms with Gasteiger partial charge in [0.15, 0.2) is 0 Å². The number of aliphatic hydroxyl groups is 1. The van der Waals surface area contributed by atoms with Gasteiger partial charge in [0.1, 0.15) is 18.2 Å². The minimum Gasteiger partial charge on any atom is -0.493 e. The molecule has 20 heavy (non-hydrogen) atoms. The molecular formula is C15H20N3O2. The van der Waals surface area contributed by atoms with Crippen molar-refractivity contribution in [2.75, 3.05) is 25.4 Å². The normalized spacial score (nSPS) is 15.8. The lowest BCUT2D eigenvalue weighted by Gasteiger charge is -2.13. The van der Waals surface area contributed by atoms with Crippen LogP contribution in [0, 0.1) is 6.42 Å². The summed E-state index contributed by atoms with van der Waals surface area (Å²) >= 11 is 0. The lowest BCUT2D eigenvalue weighted by Crippen LogP contribution is -2.25. The molecule has 1 aliphatic rings. The van der Waals surface area contributed by atoms with Gasteiger partial charge >= 0.3 is 0 Å². The molecule has 0 amide bonds. The maximum Gasteiger partial charge on any atom is 0.123 e. The van der Waals surface area contributed by atoms with Gasteiger partial charge in [0.05, 0.1) is 6.10 Å². The Morgan fingerprint density at radius 1 is 1.45 bits per heavy atom. The summed E-state index contributed by atoms with van der Waals surface area (Å²) in [6.45, 7) is 1.70. The minimum absolute atomic E-state index is 0.452. The number of aliphatic hydroxyl groups excluding tert-OH is 1. The molecule has 5 heteroatoms. The second-order valence-electron chi connectivity index (χ2n) is 4.52. The molecule has 1 atom stereocenters. The lowest BCUT2D eigenvalue weighted by molar-refractivity contribution is 0.166. The topological polar surface area (TPSA) is 80.4 Å². The van der Waals surface area contributed by atoms with Gasteiger partial charge in [-0.3, -0.25) is 0 Å². The van der Waals surface area contributed by atoms with E-state index in [-0.39, 0.29) is 0 Å². The Balaban J connectivity index is 1.62. The SMILES string of the molecule is Nc1ccc([C@@H](O)CNCCOC2=CC[CH]C=C2)cn1. The summed E-state index contributed by atoms with van der Waals surface area (Å²) < 4.78 is 5.57. The highest BCUT2D eigenvalue weighted by atomic mass is 16.5. The Morgan fingerprint density at radius 3 is 3.05 bits per heavy atom. The van der Waals surface area contributed by atoms with Crippen LogP contribution >= 0.6 is 0 Å². The van der Waals surface area contributed by atoms with E-state index in [1.165, 1.54) is 0 Å². The van der Waals surface area contributed by atoms with E-state index in [2.05, 4.69) is 16.7 Å². The Morgan fingerprint density at radius 2 is 2.35 bits per heavy atom. The molecular weight excluding hydrogens is 254 g/mol. The van der Waals surface area contributed by atoms with Crippen molar-refractivity contribution in [1.29, 1.82) is 0 Å². The molecule has 0 saturated heterocycles. The summed E-state index contributed by atoms with van der Waals surface area (Å²) in [4.78, 5) is 3.95. The minimum atomic E-state index is -0.591. The van der Waals surface area contributed by atoms with Gasteiger partial charge in [-0.2, -0.15) is 0 Å². The standard InChI is InChI=1S/C15H20N3O2/c16-15-7-6-12(10-18-15)14(19)11-17-8-9-20-13-4-2-1-3-5-13/h1-2,4-7,10,14,17,19H,3,8-9,11H2,(H2,16,18)/t14-/m0/s1. The van der Waals surface area contributed by atoms with Gasteiger partial charge in [-0.05, 0) is 31.1 Å². The number of nitrogens with one attached hydrogen (secondary N) is 1. The number of pyridine rings is 1. The van der Waals surface area contributed by atoms with Gasteiger partial charge in [0.25, 0.3) is 0 Å². The number of rotatable bonds is 7. The summed E-state index contributed by atoms with van der Waals surface area (Å²) in [6.07, 6.45) is 9.95. The highest BCUT2D eigenvalue weighted by Crippen LogP contribution is 2.11. The van der Waals surface area contributed by atoms with Crippen LogP contribution in [0.5, 0.6) is 0 Å². The maximum atomic E-state index is 9.95. The van der Waals surface area contributed by atoms with Crippen LogP contribution in [0.4, 0.5) is 5.82 Å². The van der Waals surface area contributed by atoms with Crippen LogP contribution < -0.4 is 11.1 Å². The van der Waals surface area contributed by atoms with E-state index in [0.29, 0.717) is 25.5 Å². The third-order valence-corrected chi connectivity index (χ3v) is 2.93. The van der Waals surface area contributed by atoms with E-state index >= 15 is 0 Å². The molecule has 0 saturated carbocycles. The van der Waals surface area contributed by atoms with Crippen molar-refractivity contribution < 1.29 is 9.84 Å². The summed E-state index contributed by atoms with van der Waals surface area (Å²) in [5.41, 5.74) is 6.25. The Labute approximate surface area is 119 Å². The molecule has 0 fully saturated rings. The van der Waals surface area contributed by atoms with Crippen molar-refractivity contribution in [1.82, 2.24) is 10.3 Å². The molecule has 1 radical (unpaired) electrons. The van der Waals surface area contributed by atoms with Gasteiger partial charge in [-0.25, -0.2) is 4.98 Å². The van der Waals surface area contributed by atoms with Crippen LogP contribution in [0.2, 0.25) is 0 Å². The molecule has 0 aromatic carbocycles. The molecule has 2 rings (SSSR count). The smallest absolute Gasteiger partial charge is 0.123 e. The number of nitrogens with zero attached hydrogens (tertiary/aromatic N) is 1. The molecule has 0 spiro atoms. The Bertz CT molecular complexity index is 469. The van der Waals surface area contributed by atoms with E-state index in [9.17, 15) is 5.11 Å². The van der Waals surface area contributed by atoms with E-state index in [1.807, 2.05) is 18.2 Å². The number of anilines is 1. The molecule has 0 unspecified atom stereocenters.